The molecule has 0 saturated carbocycles. The van der Waals surface area contributed by atoms with Crippen molar-refractivity contribution < 1.29 is 22.7 Å². The number of nitrogens with one attached hydrogen (secondary N) is 1. The minimum atomic E-state index is -3.80. The van der Waals surface area contributed by atoms with Gasteiger partial charge in [-0.05, 0) is 38.0 Å². The first-order valence-electron chi connectivity index (χ1n) is 9.32. The SMILES string of the molecule is CCCn1c(C)cc(C(=O)COC(=O)CNS(=O)(=O)/C=C/c2ccccc2)c1C. The number of ketones is 1. The van der Waals surface area contributed by atoms with Gasteiger partial charge in [0, 0.05) is 28.9 Å². The van der Waals surface area contributed by atoms with Crippen molar-refractivity contribution in [3.63, 3.8) is 0 Å². The second-order valence-electron chi connectivity index (χ2n) is 6.60. The fraction of sp³-hybridized carbons (Fsp3) is 0.333. The second kappa shape index (κ2) is 10.2. The number of hydrogen-bond donors (Lipinski definition) is 1. The van der Waals surface area contributed by atoms with E-state index in [2.05, 4.69) is 11.6 Å². The Bertz CT molecular complexity index is 992. The van der Waals surface area contributed by atoms with Crippen LogP contribution in [0.15, 0.2) is 41.8 Å². The summed E-state index contributed by atoms with van der Waals surface area (Å²) in [5, 5.41) is 0.976. The molecule has 8 heteroatoms. The molecule has 0 saturated heterocycles. The van der Waals surface area contributed by atoms with Crippen LogP contribution in [0.4, 0.5) is 0 Å². The van der Waals surface area contributed by atoms with Crippen molar-refractivity contribution in [2.24, 2.45) is 0 Å². The zero-order valence-corrected chi connectivity index (χ0v) is 17.7. The van der Waals surface area contributed by atoms with Gasteiger partial charge < -0.3 is 9.30 Å². The van der Waals surface area contributed by atoms with E-state index in [1.165, 1.54) is 6.08 Å². The van der Waals surface area contributed by atoms with E-state index in [4.69, 9.17) is 4.74 Å². The molecular weight excluding hydrogens is 392 g/mol. The number of Topliss-reactive ketones (excluding diaryl/α,β-unsaturated/α-hetero) is 1. The number of aromatic nitrogens is 1. The molecule has 0 aliphatic rings. The molecule has 1 aromatic carbocycles. The largest absolute Gasteiger partial charge is 0.456 e. The summed E-state index contributed by atoms with van der Waals surface area (Å²) in [6, 6.07) is 10.7. The topological polar surface area (TPSA) is 94.5 Å². The Morgan fingerprint density at radius 2 is 1.86 bits per heavy atom. The van der Waals surface area contributed by atoms with Gasteiger partial charge in [0.1, 0.15) is 6.54 Å². The minimum Gasteiger partial charge on any atom is -0.456 e. The van der Waals surface area contributed by atoms with Crippen molar-refractivity contribution in [2.45, 2.75) is 33.7 Å². The van der Waals surface area contributed by atoms with Crippen LogP contribution >= 0.6 is 0 Å². The number of esters is 1. The van der Waals surface area contributed by atoms with Crippen LogP contribution in [0.5, 0.6) is 0 Å². The molecule has 29 heavy (non-hydrogen) atoms. The number of carbonyl (C=O) groups is 2. The molecular formula is C21H26N2O5S. The van der Waals surface area contributed by atoms with Gasteiger partial charge in [0.05, 0.1) is 0 Å². The fourth-order valence-electron chi connectivity index (χ4n) is 2.87. The van der Waals surface area contributed by atoms with E-state index in [9.17, 15) is 18.0 Å². The summed E-state index contributed by atoms with van der Waals surface area (Å²) >= 11 is 0. The maximum absolute atomic E-state index is 12.4. The van der Waals surface area contributed by atoms with E-state index < -0.39 is 29.1 Å². The van der Waals surface area contributed by atoms with E-state index in [1.807, 2.05) is 24.5 Å². The van der Waals surface area contributed by atoms with Crippen molar-refractivity contribution in [2.75, 3.05) is 13.2 Å². The molecule has 0 atom stereocenters. The Kier molecular flexibility index (Phi) is 7.92. The third-order valence-corrected chi connectivity index (χ3v) is 5.38. The Hall–Kier alpha value is -2.71. The molecule has 0 fully saturated rings. The molecule has 0 aliphatic carbocycles. The van der Waals surface area contributed by atoms with Gasteiger partial charge in [0.15, 0.2) is 6.61 Å². The normalized spacial score (nSPS) is 11.7. The number of rotatable bonds is 10. The minimum absolute atomic E-state index is 0.319. The van der Waals surface area contributed by atoms with Crippen molar-refractivity contribution in [3.05, 3.63) is 64.3 Å². The second-order valence-corrected chi connectivity index (χ2v) is 8.25. The van der Waals surface area contributed by atoms with Crippen LogP contribution in [0.1, 0.15) is 40.7 Å². The van der Waals surface area contributed by atoms with E-state index in [0.717, 1.165) is 29.8 Å². The number of ether oxygens (including phenoxy) is 1. The lowest BCUT2D eigenvalue weighted by Gasteiger charge is -2.08. The highest BCUT2D eigenvalue weighted by molar-refractivity contribution is 7.92. The summed E-state index contributed by atoms with van der Waals surface area (Å²) < 4.78 is 33.0. The summed E-state index contributed by atoms with van der Waals surface area (Å²) in [6.45, 7) is 5.65. The standard InChI is InChI=1S/C21H26N2O5S/c1-4-11-23-16(2)13-19(17(23)3)20(24)15-28-21(25)14-22-29(26,27)12-10-18-8-6-5-7-9-18/h5-10,12-13,22H,4,11,14-15H2,1-3H3/b12-10+. The number of carbonyl (C=O) groups excluding carboxylic acids is 2. The molecule has 0 radical (unpaired) electrons. The number of sulfonamides is 1. The zero-order chi connectivity index (χ0) is 21.4. The molecule has 0 aliphatic heterocycles. The molecule has 0 spiro atoms. The lowest BCUT2D eigenvalue weighted by molar-refractivity contribution is -0.141. The highest BCUT2D eigenvalue weighted by Crippen LogP contribution is 2.16. The maximum Gasteiger partial charge on any atom is 0.321 e. The molecule has 2 rings (SSSR count). The van der Waals surface area contributed by atoms with Gasteiger partial charge in [-0.1, -0.05) is 37.3 Å². The van der Waals surface area contributed by atoms with Gasteiger partial charge in [-0.2, -0.15) is 0 Å². The third-order valence-electron chi connectivity index (χ3n) is 4.34. The van der Waals surface area contributed by atoms with Gasteiger partial charge in [0.2, 0.25) is 15.8 Å². The van der Waals surface area contributed by atoms with E-state index in [0.29, 0.717) is 11.1 Å². The molecule has 0 unspecified atom stereocenters. The number of benzene rings is 1. The van der Waals surface area contributed by atoms with Gasteiger partial charge in [0.25, 0.3) is 0 Å². The van der Waals surface area contributed by atoms with E-state index >= 15 is 0 Å². The van der Waals surface area contributed by atoms with Crippen LogP contribution in [-0.2, 0) is 26.1 Å². The lowest BCUT2D eigenvalue weighted by atomic mass is 10.1. The molecule has 1 aromatic heterocycles. The van der Waals surface area contributed by atoms with E-state index in [1.54, 1.807) is 30.3 Å². The molecule has 0 amide bonds. The summed E-state index contributed by atoms with van der Waals surface area (Å²) in [5.41, 5.74) is 3.02. The van der Waals surface area contributed by atoms with Crippen molar-refractivity contribution in [1.29, 1.82) is 0 Å². The Labute approximate surface area is 171 Å². The van der Waals surface area contributed by atoms with Crippen molar-refractivity contribution in [1.82, 2.24) is 9.29 Å². The number of aryl methyl sites for hydroxylation is 1. The van der Waals surface area contributed by atoms with Crippen LogP contribution in [-0.4, -0.2) is 37.9 Å². The molecule has 0 bridgehead atoms. The summed E-state index contributed by atoms with van der Waals surface area (Å²) in [7, 11) is -3.80. The smallest absolute Gasteiger partial charge is 0.321 e. The molecule has 156 valence electrons. The van der Waals surface area contributed by atoms with Gasteiger partial charge >= 0.3 is 5.97 Å². The zero-order valence-electron chi connectivity index (χ0n) is 16.8. The van der Waals surface area contributed by atoms with Crippen LogP contribution in [0.3, 0.4) is 0 Å². The molecule has 1 heterocycles. The summed E-state index contributed by atoms with van der Waals surface area (Å²) in [4.78, 5) is 24.2. The average molecular weight is 419 g/mol. The summed E-state index contributed by atoms with van der Waals surface area (Å²) in [6.07, 6.45) is 2.36. The highest BCUT2D eigenvalue weighted by atomic mass is 32.2. The first kappa shape index (κ1) is 22.6. The monoisotopic (exact) mass is 418 g/mol. The molecule has 7 nitrogen and oxygen atoms in total. The average Bonchev–Trinajstić information content (AvgIpc) is 2.98. The van der Waals surface area contributed by atoms with Crippen molar-refractivity contribution in [3.8, 4) is 0 Å². The highest BCUT2D eigenvalue weighted by Gasteiger charge is 2.17. The van der Waals surface area contributed by atoms with E-state index in [-0.39, 0.29) is 5.78 Å². The van der Waals surface area contributed by atoms with Gasteiger partial charge in [-0.15, -0.1) is 0 Å². The molecule has 2 aromatic rings. The fourth-order valence-corrected chi connectivity index (χ4v) is 3.62. The third kappa shape index (κ3) is 6.69. The summed E-state index contributed by atoms with van der Waals surface area (Å²) in [5.74, 6) is -1.14. The molecule has 1 N–H and O–H groups in total. The van der Waals surface area contributed by atoms with Gasteiger partial charge in [-0.25, -0.2) is 13.1 Å². The predicted octanol–water partition coefficient (Wildman–Crippen LogP) is 2.83. The number of nitrogens with zero attached hydrogens (tertiary/aromatic N) is 1. The van der Waals surface area contributed by atoms with Crippen molar-refractivity contribution >= 4 is 27.9 Å². The van der Waals surface area contributed by atoms with Crippen LogP contribution in [0.25, 0.3) is 6.08 Å². The van der Waals surface area contributed by atoms with Gasteiger partial charge in [-0.3, -0.25) is 9.59 Å². The maximum atomic E-state index is 12.4. The number of hydrogen-bond acceptors (Lipinski definition) is 5. The first-order chi connectivity index (χ1) is 13.7. The lowest BCUT2D eigenvalue weighted by Crippen LogP contribution is -2.30. The quantitative estimate of drug-likeness (QED) is 0.473. The van der Waals surface area contributed by atoms with Crippen LogP contribution in [0, 0.1) is 13.8 Å². The Balaban J connectivity index is 1.86. The first-order valence-corrected chi connectivity index (χ1v) is 10.9. The predicted molar refractivity (Wildman–Crippen MR) is 112 cm³/mol. The Morgan fingerprint density at radius 1 is 1.17 bits per heavy atom. The Morgan fingerprint density at radius 3 is 2.52 bits per heavy atom. The van der Waals surface area contributed by atoms with Crippen LogP contribution in [0.2, 0.25) is 0 Å². The van der Waals surface area contributed by atoms with Crippen LogP contribution < -0.4 is 4.72 Å².